The van der Waals surface area contributed by atoms with Crippen LogP contribution in [-0.2, 0) is 19.0 Å². The number of carbonyl (C=O) groups is 1. The fraction of sp³-hybridized carbons (Fsp3) is 0.963. The molecule has 0 aromatic heterocycles. The van der Waals surface area contributed by atoms with Crippen molar-refractivity contribution in [2.75, 3.05) is 32.3 Å². The lowest BCUT2D eigenvalue weighted by atomic mass is 9.63. The van der Waals surface area contributed by atoms with Gasteiger partial charge in [-0.3, -0.25) is 4.79 Å². The zero-order valence-electron chi connectivity index (χ0n) is 24.6. The van der Waals surface area contributed by atoms with Crippen LogP contribution in [0.25, 0.3) is 0 Å². The summed E-state index contributed by atoms with van der Waals surface area (Å²) in [5.74, 6) is 0.780. The Kier molecular flexibility index (Phi) is 11.2. The van der Waals surface area contributed by atoms with Crippen LogP contribution in [0.3, 0.4) is 0 Å². The molecule has 208 valence electrons. The van der Waals surface area contributed by atoms with Gasteiger partial charge in [0.2, 0.25) is 5.91 Å². The van der Waals surface area contributed by atoms with E-state index in [0.29, 0.717) is 19.6 Å². The van der Waals surface area contributed by atoms with Crippen LogP contribution in [0.4, 0.5) is 0 Å². The van der Waals surface area contributed by atoms with E-state index in [1.807, 2.05) is 47.8 Å². The molecule has 6 nitrogen and oxygen atoms in total. The molecule has 1 heterocycles. The number of rotatable bonds is 16. The fourth-order valence-corrected chi connectivity index (χ4v) is 6.45. The smallest absolute Gasteiger partial charge is 0.221 e. The zero-order valence-corrected chi connectivity index (χ0v) is 26.2. The fourth-order valence-electron chi connectivity index (χ4n) is 5.27. The van der Waals surface area contributed by atoms with Crippen molar-refractivity contribution in [3.05, 3.63) is 0 Å². The molecular weight excluding hydrogens is 482 g/mol. The lowest BCUT2D eigenvalue weighted by Crippen LogP contribution is -2.61. The Morgan fingerprint density at radius 2 is 1.66 bits per heavy atom. The highest BCUT2D eigenvalue weighted by Gasteiger charge is 2.61. The van der Waals surface area contributed by atoms with Gasteiger partial charge in [0.1, 0.15) is 0 Å². The van der Waals surface area contributed by atoms with E-state index >= 15 is 0 Å². The van der Waals surface area contributed by atoms with E-state index in [4.69, 9.17) is 14.2 Å². The molecule has 1 rings (SSSR count). The van der Waals surface area contributed by atoms with Gasteiger partial charge in [0.25, 0.3) is 0 Å². The molecular formula is C27H53NO5S2. The number of hydrogen-bond donors (Lipinski definition) is 2. The molecule has 2 N–H and O–H groups in total. The highest BCUT2D eigenvalue weighted by atomic mass is 33.1. The van der Waals surface area contributed by atoms with Gasteiger partial charge < -0.3 is 24.6 Å². The van der Waals surface area contributed by atoms with E-state index < -0.39 is 28.1 Å². The Hall–Kier alpha value is 0.0100. The quantitative estimate of drug-likeness (QED) is 0.149. The van der Waals surface area contributed by atoms with Gasteiger partial charge in [0.05, 0.1) is 36.6 Å². The summed E-state index contributed by atoms with van der Waals surface area (Å²) in [6, 6.07) is 0. The van der Waals surface area contributed by atoms with E-state index in [2.05, 4.69) is 39.9 Å². The number of hydrogen-bond acceptors (Lipinski definition) is 7. The van der Waals surface area contributed by atoms with Crippen LogP contribution in [0, 0.1) is 16.2 Å². The molecule has 1 aliphatic rings. The van der Waals surface area contributed by atoms with Crippen LogP contribution in [-0.4, -0.2) is 72.3 Å². The van der Waals surface area contributed by atoms with E-state index in [1.165, 1.54) is 0 Å². The first kappa shape index (κ1) is 33.0. The summed E-state index contributed by atoms with van der Waals surface area (Å²) in [5, 5.41) is 14.7. The van der Waals surface area contributed by atoms with Crippen molar-refractivity contribution in [2.24, 2.45) is 16.2 Å². The Balaban J connectivity index is 2.80. The molecule has 0 bridgehead atoms. The molecule has 0 aromatic carbocycles. The second-order valence-electron chi connectivity index (χ2n) is 13.5. The highest BCUT2D eigenvalue weighted by Crippen LogP contribution is 2.52. The second kappa shape index (κ2) is 11.8. The molecule has 1 amide bonds. The summed E-state index contributed by atoms with van der Waals surface area (Å²) in [7, 11) is 5.06. The van der Waals surface area contributed by atoms with Crippen LogP contribution in [0.2, 0.25) is 0 Å². The van der Waals surface area contributed by atoms with Crippen molar-refractivity contribution in [2.45, 2.75) is 118 Å². The molecule has 3 atom stereocenters. The molecule has 0 radical (unpaired) electrons. The largest absolute Gasteiger partial charge is 0.392 e. The van der Waals surface area contributed by atoms with Gasteiger partial charge in [-0.05, 0) is 40.9 Å². The van der Waals surface area contributed by atoms with E-state index in [9.17, 15) is 9.90 Å². The maximum absolute atomic E-state index is 12.5. The number of nitrogens with one attached hydrogen (secondary N) is 1. The first-order valence-corrected chi connectivity index (χ1v) is 15.4. The van der Waals surface area contributed by atoms with Crippen LogP contribution in [0.5, 0.6) is 0 Å². The Labute approximate surface area is 223 Å². The van der Waals surface area contributed by atoms with Crippen molar-refractivity contribution in [1.82, 2.24) is 5.32 Å². The van der Waals surface area contributed by atoms with E-state index in [0.717, 1.165) is 12.2 Å². The van der Waals surface area contributed by atoms with Crippen LogP contribution < -0.4 is 5.32 Å². The van der Waals surface area contributed by atoms with Crippen LogP contribution >= 0.6 is 21.6 Å². The lowest BCUT2D eigenvalue weighted by molar-refractivity contribution is -0.143. The third-order valence-electron chi connectivity index (χ3n) is 7.74. The summed E-state index contributed by atoms with van der Waals surface area (Å²) in [4.78, 5) is 12.5. The molecule has 35 heavy (non-hydrogen) atoms. The Morgan fingerprint density at radius 1 is 1.09 bits per heavy atom. The normalized spacial score (nSPS) is 22.7. The van der Waals surface area contributed by atoms with E-state index in [-0.39, 0.29) is 23.0 Å². The molecule has 1 saturated heterocycles. The number of carbonyl (C=O) groups excluding carboxylic acids is 1. The summed E-state index contributed by atoms with van der Waals surface area (Å²) < 4.78 is 18.0. The minimum Gasteiger partial charge on any atom is -0.392 e. The van der Waals surface area contributed by atoms with Crippen molar-refractivity contribution in [1.29, 1.82) is 0 Å². The van der Waals surface area contributed by atoms with Gasteiger partial charge in [-0.2, -0.15) is 0 Å². The SMILES string of the molecule is COCC(C)(C)C1OC1(C)CC(C)(C)OCC(C)(C)C(O)C(C)(C)C(C)(C)NC(=O)CCSSC. The summed E-state index contributed by atoms with van der Waals surface area (Å²) >= 11 is 0. The first-order valence-electron chi connectivity index (χ1n) is 12.6. The number of aliphatic hydroxyl groups is 1. The van der Waals surface area contributed by atoms with Crippen LogP contribution in [0.1, 0.15) is 89.0 Å². The minimum absolute atomic E-state index is 0.00985. The predicted octanol–water partition coefficient (Wildman–Crippen LogP) is 5.71. The number of ether oxygens (including phenoxy) is 3. The third kappa shape index (κ3) is 8.78. The standard InChI is InChI=1S/C27H53NO5S2/c1-22(2,20(30)25(7,8)26(9,10)28-19(29)14-15-35-34-13)18-32-24(5,6)16-27(11)21(33-27)23(3,4)17-31-12/h20-21,30H,14-18H2,1-13H3,(H,28,29). The van der Waals surface area contributed by atoms with Gasteiger partial charge in [0.15, 0.2) is 0 Å². The number of methoxy groups -OCH3 is 1. The molecule has 0 aliphatic carbocycles. The molecule has 1 aliphatic heterocycles. The number of amides is 1. The van der Waals surface area contributed by atoms with Gasteiger partial charge in [0, 0.05) is 47.5 Å². The van der Waals surface area contributed by atoms with Crippen molar-refractivity contribution in [3.63, 3.8) is 0 Å². The molecule has 1 fully saturated rings. The molecule has 0 saturated carbocycles. The third-order valence-corrected chi connectivity index (χ3v) is 9.55. The van der Waals surface area contributed by atoms with Crippen LogP contribution in [0.15, 0.2) is 0 Å². The average Bonchev–Trinajstić information content (AvgIpc) is 3.36. The number of aliphatic hydroxyl groups excluding tert-OH is 1. The van der Waals surface area contributed by atoms with E-state index in [1.54, 1.807) is 28.7 Å². The number of epoxide rings is 1. The van der Waals surface area contributed by atoms with Crippen molar-refractivity contribution < 1.29 is 24.1 Å². The van der Waals surface area contributed by atoms with Gasteiger partial charge >= 0.3 is 0 Å². The first-order chi connectivity index (χ1) is 15.7. The zero-order chi connectivity index (χ0) is 27.5. The van der Waals surface area contributed by atoms with Crippen molar-refractivity contribution in [3.8, 4) is 0 Å². The van der Waals surface area contributed by atoms with Gasteiger partial charge in [-0.1, -0.05) is 63.1 Å². The van der Waals surface area contributed by atoms with Gasteiger partial charge in [-0.15, -0.1) is 0 Å². The minimum atomic E-state index is -0.706. The molecule has 3 unspecified atom stereocenters. The maximum atomic E-state index is 12.5. The average molecular weight is 536 g/mol. The Morgan fingerprint density at radius 3 is 2.17 bits per heavy atom. The summed E-state index contributed by atoms with van der Waals surface area (Å²) in [6.07, 6.45) is 2.64. The molecule has 0 spiro atoms. The Bertz CT molecular complexity index is 708. The van der Waals surface area contributed by atoms with Crippen molar-refractivity contribution >= 4 is 27.5 Å². The lowest BCUT2D eigenvalue weighted by Gasteiger charge is -2.50. The monoisotopic (exact) mass is 535 g/mol. The summed E-state index contributed by atoms with van der Waals surface area (Å²) in [6.45, 7) is 23.8. The molecule has 0 aromatic rings. The summed E-state index contributed by atoms with van der Waals surface area (Å²) in [5.41, 5.74) is -2.47. The maximum Gasteiger partial charge on any atom is 0.221 e. The highest BCUT2D eigenvalue weighted by molar-refractivity contribution is 8.76. The second-order valence-corrected chi connectivity index (χ2v) is 16.2. The topological polar surface area (TPSA) is 80.3 Å². The molecule has 8 heteroatoms. The predicted molar refractivity (Wildman–Crippen MR) is 150 cm³/mol. The van der Waals surface area contributed by atoms with Gasteiger partial charge in [-0.25, -0.2) is 0 Å².